The molecule has 0 bridgehead atoms. The Morgan fingerprint density at radius 1 is 0.485 bits per heavy atom. The van der Waals surface area contributed by atoms with Crippen molar-refractivity contribution in [1.82, 2.24) is 0 Å². The van der Waals surface area contributed by atoms with Crippen molar-refractivity contribution < 1.29 is 51.6 Å². The Labute approximate surface area is 408 Å². The zero-order valence-electron chi connectivity index (χ0n) is 38.0. The van der Waals surface area contributed by atoms with Gasteiger partial charge in [-0.3, -0.25) is 9.98 Å². The minimum absolute atomic E-state index is 0. The molecule has 68 heavy (non-hydrogen) atoms. The monoisotopic (exact) mass is 1010 g/mol. The normalized spacial score (nSPS) is 14.5. The molecule has 6 aromatic rings. The molecular formula is C51H52B2F8FeN4P2. The molecule has 0 amide bonds. The number of benzene rings is 6. The fraction of sp³-hybridized carbons (Fsp3) is 0.216. The summed E-state index contributed by atoms with van der Waals surface area (Å²) in [5.41, 5.74) is 2.25. The second-order valence-corrected chi connectivity index (χ2v) is 20.1. The first kappa shape index (κ1) is 58.7. The third-order valence-corrected chi connectivity index (χ3v) is 14.3. The smallest absolute Gasteiger partial charge is 0.418 e. The van der Waals surface area contributed by atoms with Gasteiger partial charge in [-0.05, 0) is 81.3 Å². The Morgan fingerprint density at radius 2 is 0.706 bits per heavy atom. The van der Waals surface area contributed by atoms with Crippen molar-refractivity contribution in [3.63, 3.8) is 0 Å². The number of hydrogen-bond donors (Lipinski definition) is 0. The second-order valence-electron chi connectivity index (χ2n) is 15.7. The van der Waals surface area contributed by atoms with Gasteiger partial charge in [-0.1, -0.05) is 183 Å². The van der Waals surface area contributed by atoms with Crippen LogP contribution in [-0.2, 0) is 17.1 Å². The molecule has 0 heterocycles. The fourth-order valence-electron chi connectivity index (χ4n) is 6.55. The molecule has 4 nitrogen and oxygen atoms in total. The molecule has 0 radical (unpaired) electrons. The molecule has 0 spiro atoms. The van der Waals surface area contributed by atoms with Gasteiger partial charge in [-0.2, -0.15) is 10.5 Å². The topological polar surface area (TPSA) is 72.3 Å². The van der Waals surface area contributed by atoms with Crippen molar-refractivity contribution in [2.24, 2.45) is 15.4 Å². The molecule has 0 saturated heterocycles. The minimum atomic E-state index is -6.00. The van der Waals surface area contributed by atoms with E-state index in [-0.39, 0.29) is 34.6 Å². The van der Waals surface area contributed by atoms with Crippen molar-refractivity contribution in [2.45, 2.75) is 65.5 Å². The molecule has 2 atom stereocenters. The van der Waals surface area contributed by atoms with E-state index in [1.807, 2.05) is 20.8 Å². The van der Waals surface area contributed by atoms with Crippen LogP contribution in [0.5, 0.6) is 0 Å². The summed E-state index contributed by atoms with van der Waals surface area (Å²) in [6.07, 6.45) is 8.81. The summed E-state index contributed by atoms with van der Waals surface area (Å²) < 4.78 is 78.0. The van der Waals surface area contributed by atoms with E-state index < -0.39 is 30.4 Å². The molecule has 1 aliphatic carbocycles. The standard InChI is InChI=1S/C44H40N2P2.C5H9N.C2H3N.2BF4.Fe/c1-5-21-37(22-6-1)47(38-23-7-2-8-24-38)43-31-17-13-19-35(43)33-45-41-29-15-16-30-42(41)46-34-36-20-14-18-32-44(36)48(39-25-9-3-10-26-39)40-27-11-4-12-28-40;1-5(2,3)4-6;1-2-3;2*2-1(3,4)5;/h1-14,17-28,31-34,41-42H,15-16,29-30H2;1-3H3;1H3;;;/q;;;2*-1;+2/t41-,42-;;;;;/m1...../s1. The molecule has 0 aliphatic heterocycles. The maximum atomic E-state index is 9.75. The Hall–Kier alpha value is -5.41. The number of hydrogen-bond acceptors (Lipinski definition) is 4. The number of aliphatic imine (C=N–C) groups is 2. The predicted molar refractivity (Wildman–Crippen MR) is 268 cm³/mol. The van der Waals surface area contributed by atoms with Crippen LogP contribution in [0.2, 0.25) is 0 Å². The van der Waals surface area contributed by atoms with Crippen molar-refractivity contribution in [2.75, 3.05) is 0 Å². The summed E-state index contributed by atoms with van der Waals surface area (Å²) in [6.45, 7) is 7.08. The van der Waals surface area contributed by atoms with E-state index in [0.717, 1.165) is 12.8 Å². The van der Waals surface area contributed by atoms with Crippen LogP contribution in [0.15, 0.2) is 180 Å². The van der Waals surface area contributed by atoms with E-state index >= 15 is 0 Å². The first-order chi connectivity index (χ1) is 31.8. The number of halogens is 8. The summed E-state index contributed by atoms with van der Waals surface area (Å²) in [5, 5.41) is 23.6. The van der Waals surface area contributed by atoms with Crippen molar-refractivity contribution in [3.8, 4) is 12.1 Å². The summed E-state index contributed by atoms with van der Waals surface area (Å²) in [6, 6.07) is 65.5. The van der Waals surface area contributed by atoms with Gasteiger partial charge in [0.15, 0.2) is 0 Å². The Balaban J connectivity index is 0.000000676. The molecule has 0 aromatic heterocycles. The van der Waals surface area contributed by atoms with Crippen LogP contribution in [0, 0.1) is 28.1 Å². The van der Waals surface area contributed by atoms with Gasteiger partial charge >= 0.3 is 31.6 Å². The van der Waals surface area contributed by atoms with E-state index in [1.54, 1.807) is 6.07 Å². The molecule has 7 rings (SSSR count). The van der Waals surface area contributed by atoms with E-state index in [0.29, 0.717) is 0 Å². The fourth-order valence-corrected chi connectivity index (χ4v) is 11.4. The maximum absolute atomic E-state index is 9.75. The molecule has 1 fully saturated rings. The van der Waals surface area contributed by atoms with Gasteiger partial charge in [0, 0.05) is 35.9 Å². The van der Waals surface area contributed by atoms with E-state index in [2.05, 4.69) is 188 Å². The Kier molecular flexibility index (Phi) is 26.0. The van der Waals surface area contributed by atoms with E-state index in [4.69, 9.17) is 20.5 Å². The molecule has 0 N–H and O–H groups in total. The summed E-state index contributed by atoms with van der Waals surface area (Å²) >= 11 is 0. The molecule has 1 saturated carbocycles. The average Bonchev–Trinajstić information content (AvgIpc) is 3.29. The van der Waals surface area contributed by atoms with E-state index in [9.17, 15) is 34.5 Å². The van der Waals surface area contributed by atoms with Gasteiger partial charge in [0.25, 0.3) is 0 Å². The molecule has 0 unspecified atom stereocenters. The van der Waals surface area contributed by atoms with Gasteiger partial charge in [0.05, 0.1) is 24.2 Å². The number of rotatable bonds is 10. The van der Waals surface area contributed by atoms with Gasteiger partial charge in [0.1, 0.15) is 0 Å². The zero-order chi connectivity index (χ0) is 49.3. The number of nitriles is 2. The van der Waals surface area contributed by atoms with Gasteiger partial charge < -0.3 is 34.5 Å². The third kappa shape index (κ3) is 23.1. The van der Waals surface area contributed by atoms with Crippen LogP contribution < -0.4 is 31.8 Å². The first-order valence-corrected chi connectivity index (χ1v) is 24.0. The Morgan fingerprint density at radius 3 is 0.941 bits per heavy atom. The van der Waals surface area contributed by atoms with Crippen LogP contribution in [-0.4, -0.2) is 39.0 Å². The average molecular weight is 1010 g/mol. The van der Waals surface area contributed by atoms with Gasteiger partial charge in [-0.25, -0.2) is 0 Å². The van der Waals surface area contributed by atoms with Crippen LogP contribution in [0.25, 0.3) is 0 Å². The zero-order valence-corrected chi connectivity index (χ0v) is 40.9. The quantitative estimate of drug-likeness (QED) is 0.0594. The summed E-state index contributed by atoms with van der Waals surface area (Å²) in [5.74, 6) is 0. The van der Waals surface area contributed by atoms with Crippen LogP contribution in [0.4, 0.5) is 34.5 Å². The van der Waals surface area contributed by atoms with Crippen LogP contribution in [0.3, 0.4) is 0 Å². The van der Waals surface area contributed by atoms with Crippen molar-refractivity contribution >= 4 is 74.6 Å². The summed E-state index contributed by atoms with van der Waals surface area (Å²) in [4.78, 5) is 10.6. The number of nitrogens with zero attached hydrogens (tertiary/aromatic N) is 4. The molecule has 6 aromatic carbocycles. The van der Waals surface area contributed by atoms with Crippen LogP contribution >= 0.6 is 15.8 Å². The van der Waals surface area contributed by atoms with E-state index in [1.165, 1.54) is 62.7 Å². The van der Waals surface area contributed by atoms with Crippen molar-refractivity contribution in [1.29, 1.82) is 10.5 Å². The third-order valence-electron chi connectivity index (χ3n) is 9.25. The largest absolute Gasteiger partial charge is 2.00 e. The summed E-state index contributed by atoms with van der Waals surface area (Å²) in [7, 11) is -13.4. The van der Waals surface area contributed by atoms with Crippen LogP contribution in [0.1, 0.15) is 64.5 Å². The predicted octanol–water partition coefficient (Wildman–Crippen LogP) is 12.7. The van der Waals surface area contributed by atoms with Gasteiger partial charge in [-0.15, -0.1) is 0 Å². The van der Waals surface area contributed by atoms with Gasteiger partial charge in [0.2, 0.25) is 0 Å². The molecular weight excluding hydrogens is 960 g/mol. The SMILES string of the molecule is C(=N[C@@H]1CCCC[C@H]1N=Cc1ccccc1P(c1ccccc1)c1ccccc1)c1ccccc1P(c1ccccc1)c1ccccc1.CC#N.CC(C)(C)C#N.F[B-](F)(F)F.F[B-](F)(F)F.[Fe+2]. The Bertz CT molecular complexity index is 2240. The molecule has 1 aliphatic rings. The maximum Gasteiger partial charge on any atom is 2.00 e. The van der Waals surface area contributed by atoms with Crippen molar-refractivity contribution in [3.05, 3.63) is 181 Å². The first-order valence-electron chi connectivity index (χ1n) is 21.3. The molecule has 356 valence electrons. The second kappa shape index (κ2) is 30.2. The molecule has 17 heteroatoms. The minimum Gasteiger partial charge on any atom is -0.418 e.